The molecule has 108 valence electrons. The number of para-hydroxylation sites is 1. The predicted octanol–water partition coefficient (Wildman–Crippen LogP) is 0.369. The largest absolute Gasteiger partial charge is 0.508 e. The van der Waals surface area contributed by atoms with E-state index in [1.165, 1.54) is 6.07 Å². The van der Waals surface area contributed by atoms with Gasteiger partial charge in [0.15, 0.2) is 0 Å². The summed E-state index contributed by atoms with van der Waals surface area (Å²) in [6.07, 6.45) is -0.490. The van der Waals surface area contributed by atoms with Crippen LogP contribution in [0.25, 0.3) is 0 Å². The number of rotatable bonds is 7. The summed E-state index contributed by atoms with van der Waals surface area (Å²) in [6, 6.07) is 5.03. The maximum Gasteiger partial charge on any atom is 0.326 e. The van der Waals surface area contributed by atoms with Crippen LogP contribution in [0.5, 0.6) is 5.75 Å². The summed E-state index contributed by atoms with van der Waals surface area (Å²) in [5.41, 5.74) is 0.563. The minimum atomic E-state index is -1.45. The van der Waals surface area contributed by atoms with E-state index >= 15 is 0 Å². The second-order valence-electron chi connectivity index (χ2n) is 4.18. The van der Waals surface area contributed by atoms with Crippen molar-refractivity contribution in [3.63, 3.8) is 0 Å². The van der Waals surface area contributed by atoms with Crippen molar-refractivity contribution in [3.05, 3.63) is 29.8 Å². The third-order valence-corrected chi connectivity index (χ3v) is 2.63. The first kappa shape index (κ1) is 15.5. The van der Waals surface area contributed by atoms with Gasteiger partial charge in [0.05, 0.1) is 6.42 Å². The van der Waals surface area contributed by atoms with Crippen molar-refractivity contribution in [2.45, 2.75) is 25.3 Å². The third kappa shape index (κ3) is 4.97. The summed E-state index contributed by atoms with van der Waals surface area (Å²) in [5, 5.41) is 29.0. The SMILES string of the molecule is O=C(O)C[C@@H](NC(=O)CCc1ccccc1O)C(=O)O. The Morgan fingerprint density at radius 3 is 2.35 bits per heavy atom. The fourth-order valence-electron chi connectivity index (χ4n) is 1.61. The molecule has 4 N–H and O–H groups in total. The monoisotopic (exact) mass is 281 g/mol. The molecule has 7 nitrogen and oxygen atoms in total. The molecule has 0 radical (unpaired) electrons. The van der Waals surface area contributed by atoms with E-state index < -0.39 is 30.3 Å². The average molecular weight is 281 g/mol. The number of aliphatic carboxylic acids is 2. The molecule has 0 heterocycles. The molecule has 1 amide bonds. The molecule has 0 fully saturated rings. The lowest BCUT2D eigenvalue weighted by molar-refractivity contribution is -0.147. The number of carbonyl (C=O) groups excluding carboxylic acids is 1. The first-order valence-corrected chi connectivity index (χ1v) is 5.91. The number of carboxylic acids is 2. The summed E-state index contributed by atoms with van der Waals surface area (Å²) in [7, 11) is 0. The minimum absolute atomic E-state index is 0.0407. The van der Waals surface area contributed by atoms with E-state index in [1.54, 1.807) is 18.2 Å². The van der Waals surface area contributed by atoms with Gasteiger partial charge in [-0.2, -0.15) is 0 Å². The van der Waals surface area contributed by atoms with Gasteiger partial charge in [-0.3, -0.25) is 9.59 Å². The van der Waals surface area contributed by atoms with Gasteiger partial charge in [-0.15, -0.1) is 0 Å². The van der Waals surface area contributed by atoms with Crippen LogP contribution in [-0.2, 0) is 20.8 Å². The Morgan fingerprint density at radius 2 is 1.80 bits per heavy atom. The highest BCUT2D eigenvalue weighted by Crippen LogP contribution is 2.17. The molecule has 0 aromatic heterocycles. The average Bonchev–Trinajstić information content (AvgIpc) is 2.36. The molecule has 1 aromatic rings. The molecule has 0 bridgehead atoms. The molecule has 0 unspecified atom stereocenters. The van der Waals surface area contributed by atoms with E-state index in [9.17, 15) is 19.5 Å². The molecule has 0 aliphatic rings. The Morgan fingerprint density at radius 1 is 1.15 bits per heavy atom. The number of carboxylic acid groups (broad SMARTS) is 2. The van der Waals surface area contributed by atoms with Gasteiger partial charge in [0.2, 0.25) is 5.91 Å². The minimum Gasteiger partial charge on any atom is -0.508 e. The number of phenols is 1. The number of aromatic hydroxyl groups is 1. The summed E-state index contributed by atoms with van der Waals surface area (Å²) >= 11 is 0. The molecule has 0 saturated carbocycles. The number of hydrogen-bond donors (Lipinski definition) is 4. The summed E-state index contributed by atoms with van der Waals surface area (Å²) in [4.78, 5) is 32.8. The van der Waals surface area contributed by atoms with Gasteiger partial charge in [0.25, 0.3) is 0 Å². The van der Waals surface area contributed by atoms with Crippen LogP contribution in [0.1, 0.15) is 18.4 Å². The van der Waals surface area contributed by atoms with Gasteiger partial charge in [0.1, 0.15) is 11.8 Å². The highest BCUT2D eigenvalue weighted by molar-refractivity contribution is 5.86. The molecule has 20 heavy (non-hydrogen) atoms. The highest BCUT2D eigenvalue weighted by atomic mass is 16.4. The van der Waals surface area contributed by atoms with Crippen molar-refractivity contribution in [1.82, 2.24) is 5.32 Å². The van der Waals surface area contributed by atoms with Crippen molar-refractivity contribution >= 4 is 17.8 Å². The van der Waals surface area contributed by atoms with Crippen molar-refractivity contribution in [1.29, 1.82) is 0 Å². The number of hydrogen-bond acceptors (Lipinski definition) is 4. The topological polar surface area (TPSA) is 124 Å². The zero-order chi connectivity index (χ0) is 15.1. The summed E-state index contributed by atoms with van der Waals surface area (Å²) in [6.45, 7) is 0. The van der Waals surface area contributed by atoms with Gasteiger partial charge < -0.3 is 20.6 Å². The summed E-state index contributed by atoms with van der Waals surface area (Å²) < 4.78 is 0. The van der Waals surface area contributed by atoms with Crippen LogP contribution in [0.2, 0.25) is 0 Å². The standard InChI is InChI=1S/C13H15NO6/c15-10-4-2-1-3-8(10)5-6-11(16)14-9(13(19)20)7-12(17)18/h1-4,9,15H,5-7H2,(H,14,16)(H,17,18)(H,19,20)/t9-/m1/s1. The number of benzene rings is 1. The van der Waals surface area contributed by atoms with E-state index in [4.69, 9.17) is 10.2 Å². The van der Waals surface area contributed by atoms with Crippen molar-refractivity contribution < 1.29 is 29.7 Å². The molecule has 0 saturated heterocycles. The van der Waals surface area contributed by atoms with Crippen LogP contribution in [-0.4, -0.2) is 39.2 Å². The fraction of sp³-hybridized carbons (Fsp3) is 0.308. The number of carbonyl (C=O) groups is 3. The van der Waals surface area contributed by atoms with Gasteiger partial charge in [0, 0.05) is 6.42 Å². The maximum atomic E-state index is 11.6. The van der Waals surface area contributed by atoms with E-state index in [-0.39, 0.29) is 18.6 Å². The first-order valence-electron chi connectivity index (χ1n) is 5.91. The predicted molar refractivity (Wildman–Crippen MR) is 68.2 cm³/mol. The van der Waals surface area contributed by atoms with Crippen LogP contribution in [0.3, 0.4) is 0 Å². The van der Waals surface area contributed by atoms with Crippen molar-refractivity contribution in [2.24, 2.45) is 0 Å². The number of amides is 1. The Balaban J connectivity index is 2.52. The Bertz CT molecular complexity index is 513. The Labute approximate surface area is 114 Å². The van der Waals surface area contributed by atoms with Gasteiger partial charge in [-0.25, -0.2) is 4.79 Å². The van der Waals surface area contributed by atoms with E-state index in [0.29, 0.717) is 5.56 Å². The van der Waals surface area contributed by atoms with Crippen LogP contribution < -0.4 is 5.32 Å². The smallest absolute Gasteiger partial charge is 0.326 e. The molecule has 1 atom stereocenters. The van der Waals surface area contributed by atoms with Crippen molar-refractivity contribution in [3.8, 4) is 5.75 Å². The lowest BCUT2D eigenvalue weighted by Crippen LogP contribution is -2.42. The molecule has 7 heteroatoms. The van der Waals surface area contributed by atoms with Crippen molar-refractivity contribution in [2.75, 3.05) is 0 Å². The quantitative estimate of drug-likeness (QED) is 0.572. The maximum absolute atomic E-state index is 11.6. The van der Waals surface area contributed by atoms with Gasteiger partial charge in [-0.1, -0.05) is 18.2 Å². The molecule has 0 aliphatic carbocycles. The highest BCUT2D eigenvalue weighted by Gasteiger charge is 2.22. The zero-order valence-corrected chi connectivity index (χ0v) is 10.6. The van der Waals surface area contributed by atoms with E-state index in [2.05, 4.69) is 5.32 Å². The van der Waals surface area contributed by atoms with Crippen LogP contribution in [0.4, 0.5) is 0 Å². The molecule has 1 rings (SSSR count). The van der Waals surface area contributed by atoms with Crippen LogP contribution in [0, 0.1) is 0 Å². The first-order chi connectivity index (χ1) is 9.40. The van der Waals surface area contributed by atoms with E-state index in [1.807, 2.05) is 0 Å². The van der Waals surface area contributed by atoms with E-state index in [0.717, 1.165) is 0 Å². The normalized spacial score (nSPS) is 11.6. The Kier molecular flexibility index (Phi) is 5.52. The second kappa shape index (κ2) is 7.13. The lowest BCUT2D eigenvalue weighted by atomic mass is 10.1. The fourth-order valence-corrected chi connectivity index (χ4v) is 1.61. The second-order valence-corrected chi connectivity index (χ2v) is 4.18. The molecule has 1 aromatic carbocycles. The third-order valence-electron chi connectivity index (χ3n) is 2.63. The lowest BCUT2D eigenvalue weighted by Gasteiger charge is -2.12. The number of phenolic OH excluding ortho intramolecular Hbond substituents is 1. The number of nitrogens with one attached hydrogen (secondary N) is 1. The molecule has 0 spiro atoms. The van der Waals surface area contributed by atoms with Crippen LogP contribution >= 0.6 is 0 Å². The van der Waals surface area contributed by atoms with Gasteiger partial charge in [-0.05, 0) is 18.1 Å². The zero-order valence-electron chi connectivity index (χ0n) is 10.6. The molecule has 0 aliphatic heterocycles. The molecular formula is C13H15NO6. The van der Waals surface area contributed by atoms with Gasteiger partial charge >= 0.3 is 11.9 Å². The molecular weight excluding hydrogens is 266 g/mol. The van der Waals surface area contributed by atoms with Crippen LogP contribution in [0.15, 0.2) is 24.3 Å². The Hall–Kier alpha value is -2.57. The number of aryl methyl sites for hydroxylation is 1. The summed E-state index contributed by atoms with van der Waals surface area (Å²) in [5.74, 6) is -3.23.